The van der Waals surface area contributed by atoms with Crippen molar-refractivity contribution in [1.82, 2.24) is 5.32 Å². The van der Waals surface area contributed by atoms with E-state index in [0.29, 0.717) is 6.10 Å². The van der Waals surface area contributed by atoms with Crippen molar-refractivity contribution >= 4 is 0 Å². The Bertz CT molecular complexity index is 155. The molecule has 0 aromatic carbocycles. The summed E-state index contributed by atoms with van der Waals surface area (Å²) >= 11 is 0. The summed E-state index contributed by atoms with van der Waals surface area (Å²) in [6.07, 6.45) is 8.24. The molecule has 1 unspecified atom stereocenters. The maximum absolute atomic E-state index is 5.81. The highest BCUT2D eigenvalue weighted by Gasteiger charge is 2.15. The lowest BCUT2D eigenvalue weighted by atomic mass is 10.1. The highest BCUT2D eigenvalue weighted by atomic mass is 16.5. The second-order valence-corrected chi connectivity index (χ2v) is 5.06. The fourth-order valence-electron chi connectivity index (χ4n) is 2.55. The van der Waals surface area contributed by atoms with Gasteiger partial charge in [0.2, 0.25) is 0 Å². The molecule has 1 N–H and O–H groups in total. The molecule has 0 aromatic heterocycles. The lowest BCUT2D eigenvalue weighted by Gasteiger charge is -2.12. The predicted molar refractivity (Wildman–Crippen MR) is 64.6 cm³/mol. The van der Waals surface area contributed by atoms with Crippen LogP contribution in [0.25, 0.3) is 0 Å². The molecule has 0 bridgehead atoms. The Balaban J connectivity index is 1.37. The van der Waals surface area contributed by atoms with Crippen LogP contribution >= 0.6 is 0 Å². The summed E-state index contributed by atoms with van der Waals surface area (Å²) in [4.78, 5) is 0. The Kier molecular flexibility index (Phi) is 5.59. The van der Waals surface area contributed by atoms with E-state index in [0.717, 1.165) is 45.2 Å². The minimum Gasteiger partial charge on any atom is -0.381 e. The number of hydrogen-bond acceptors (Lipinski definition) is 3. The van der Waals surface area contributed by atoms with E-state index < -0.39 is 0 Å². The molecule has 1 aliphatic carbocycles. The molecule has 2 rings (SSSR count). The number of ether oxygens (including phenoxy) is 2. The van der Waals surface area contributed by atoms with E-state index >= 15 is 0 Å². The second-order valence-electron chi connectivity index (χ2n) is 5.06. The summed E-state index contributed by atoms with van der Waals surface area (Å²) in [5.41, 5.74) is 0. The molecule has 3 heteroatoms. The third kappa shape index (κ3) is 4.40. The van der Waals surface area contributed by atoms with E-state index in [2.05, 4.69) is 5.32 Å². The van der Waals surface area contributed by atoms with Gasteiger partial charge in [0.05, 0.1) is 12.7 Å². The second kappa shape index (κ2) is 7.25. The quantitative estimate of drug-likeness (QED) is 0.674. The van der Waals surface area contributed by atoms with Crippen LogP contribution in [0.15, 0.2) is 0 Å². The lowest BCUT2D eigenvalue weighted by Crippen LogP contribution is -2.25. The fraction of sp³-hybridized carbons (Fsp3) is 1.00. The van der Waals surface area contributed by atoms with Crippen molar-refractivity contribution in [2.24, 2.45) is 5.92 Å². The highest BCUT2D eigenvalue weighted by Crippen LogP contribution is 2.20. The topological polar surface area (TPSA) is 30.5 Å². The van der Waals surface area contributed by atoms with Crippen molar-refractivity contribution in [3.63, 3.8) is 0 Å². The Morgan fingerprint density at radius 2 is 2.06 bits per heavy atom. The molecule has 2 aliphatic rings. The number of rotatable bonds is 7. The van der Waals surface area contributed by atoms with E-state index in [1.807, 2.05) is 0 Å². The van der Waals surface area contributed by atoms with Crippen LogP contribution in [0, 0.1) is 5.92 Å². The van der Waals surface area contributed by atoms with Gasteiger partial charge in [-0.25, -0.2) is 0 Å². The lowest BCUT2D eigenvalue weighted by molar-refractivity contribution is 0.0568. The van der Waals surface area contributed by atoms with E-state index in [-0.39, 0.29) is 0 Å². The van der Waals surface area contributed by atoms with Crippen molar-refractivity contribution < 1.29 is 9.47 Å². The van der Waals surface area contributed by atoms with Crippen LogP contribution in [-0.4, -0.2) is 39.0 Å². The highest BCUT2D eigenvalue weighted by molar-refractivity contribution is 4.68. The van der Waals surface area contributed by atoms with Crippen molar-refractivity contribution in [3.05, 3.63) is 0 Å². The first-order valence-electron chi connectivity index (χ1n) is 6.85. The SMILES string of the molecule is C(CNCC1CCOC1)COC1CCCC1. The van der Waals surface area contributed by atoms with Crippen molar-refractivity contribution in [2.45, 2.75) is 44.6 Å². The first kappa shape index (κ1) is 12.3. The van der Waals surface area contributed by atoms with Gasteiger partial charge in [-0.05, 0) is 38.1 Å². The summed E-state index contributed by atoms with van der Waals surface area (Å²) in [7, 11) is 0. The van der Waals surface area contributed by atoms with Crippen LogP contribution in [0.2, 0.25) is 0 Å². The van der Waals surface area contributed by atoms with E-state index in [9.17, 15) is 0 Å². The van der Waals surface area contributed by atoms with Crippen LogP contribution in [0.4, 0.5) is 0 Å². The fourth-order valence-corrected chi connectivity index (χ4v) is 2.55. The summed E-state index contributed by atoms with van der Waals surface area (Å²) in [5, 5.41) is 3.49. The minimum atomic E-state index is 0.572. The van der Waals surface area contributed by atoms with Crippen molar-refractivity contribution in [2.75, 3.05) is 32.9 Å². The van der Waals surface area contributed by atoms with Crippen molar-refractivity contribution in [3.8, 4) is 0 Å². The van der Waals surface area contributed by atoms with Gasteiger partial charge in [-0.1, -0.05) is 12.8 Å². The predicted octanol–water partition coefficient (Wildman–Crippen LogP) is 1.96. The summed E-state index contributed by atoms with van der Waals surface area (Å²) in [6.45, 7) is 5.04. The largest absolute Gasteiger partial charge is 0.381 e. The van der Waals surface area contributed by atoms with Gasteiger partial charge in [-0.3, -0.25) is 0 Å². The Morgan fingerprint density at radius 1 is 1.19 bits per heavy atom. The van der Waals surface area contributed by atoms with Crippen LogP contribution in [0.3, 0.4) is 0 Å². The van der Waals surface area contributed by atoms with Crippen LogP contribution in [0.1, 0.15) is 38.5 Å². The Labute approximate surface area is 98.9 Å². The molecule has 1 aliphatic heterocycles. The normalized spacial score (nSPS) is 26.6. The molecule has 0 amide bonds. The molecule has 1 saturated carbocycles. The molecule has 2 fully saturated rings. The van der Waals surface area contributed by atoms with Gasteiger partial charge in [0.1, 0.15) is 0 Å². The van der Waals surface area contributed by atoms with Gasteiger partial charge < -0.3 is 14.8 Å². The monoisotopic (exact) mass is 227 g/mol. The third-order valence-corrected chi connectivity index (χ3v) is 3.61. The van der Waals surface area contributed by atoms with Gasteiger partial charge in [0.25, 0.3) is 0 Å². The molecule has 1 atom stereocenters. The molecule has 1 heterocycles. The van der Waals surface area contributed by atoms with Crippen LogP contribution in [-0.2, 0) is 9.47 Å². The average molecular weight is 227 g/mol. The first-order chi connectivity index (χ1) is 7.95. The first-order valence-corrected chi connectivity index (χ1v) is 6.85. The molecule has 3 nitrogen and oxygen atoms in total. The zero-order valence-electron chi connectivity index (χ0n) is 10.2. The van der Waals surface area contributed by atoms with E-state index in [4.69, 9.17) is 9.47 Å². The zero-order valence-corrected chi connectivity index (χ0v) is 10.2. The minimum absolute atomic E-state index is 0.572. The standard InChI is InChI=1S/C13H25NO2/c1-2-5-13(4-1)16-8-3-7-14-10-12-6-9-15-11-12/h12-14H,1-11H2. The molecule has 94 valence electrons. The molecule has 0 aromatic rings. The molecule has 16 heavy (non-hydrogen) atoms. The molecule has 1 saturated heterocycles. The number of nitrogens with one attached hydrogen (secondary N) is 1. The summed E-state index contributed by atoms with van der Waals surface area (Å²) in [5.74, 6) is 0.746. The maximum Gasteiger partial charge on any atom is 0.0575 e. The molecule has 0 spiro atoms. The Morgan fingerprint density at radius 3 is 2.81 bits per heavy atom. The van der Waals surface area contributed by atoms with E-state index in [1.165, 1.54) is 32.1 Å². The summed E-state index contributed by atoms with van der Waals surface area (Å²) in [6, 6.07) is 0. The maximum atomic E-state index is 5.81. The van der Waals surface area contributed by atoms with Gasteiger partial charge in [-0.15, -0.1) is 0 Å². The van der Waals surface area contributed by atoms with Crippen LogP contribution < -0.4 is 5.32 Å². The molecular weight excluding hydrogens is 202 g/mol. The molecule has 0 radical (unpaired) electrons. The van der Waals surface area contributed by atoms with E-state index in [1.54, 1.807) is 0 Å². The average Bonchev–Trinajstić information content (AvgIpc) is 2.96. The summed E-state index contributed by atoms with van der Waals surface area (Å²) < 4.78 is 11.1. The van der Waals surface area contributed by atoms with Gasteiger partial charge in [0.15, 0.2) is 0 Å². The van der Waals surface area contributed by atoms with Gasteiger partial charge >= 0.3 is 0 Å². The smallest absolute Gasteiger partial charge is 0.0575 e. The van der Waals surface area contributed by atoms with Gasteiger partial charge in [-0.2, -0.15) is 0 Å². The van der Waals surface area contributed by atoms with Crippen LogP contribution in [0.5, 0.6) is 0 Å². The Hall–Kier alpha value is -0.120. The number of hydrogen-bond donors (Lipinski definition) is 1. The molecular formula is C13H25NO2. The zero-order chi connectivity index (χ0) is 11.1. The van der Waals surface area contributed by atoms with Crippen molar-refractivity contribution in [1.29, 1.82) is 0 Å². The third-order valence-electron chi connectivity index (χ3n) is 3.61. The van der Waals surface area contributed by atoms with Gasteiger partial charge in [0, 0.05) is 19.8 Å².